The van der Waals surface area contributed by atoms with Crippen LogP contribution >= 0.6 is 15.6 Å². The molecule has 0 aliphatic carbocycles. The Morgan fingerprint density at radius 3 is 0.634 bits per heavy atom. The number of hydrogen-bond acceptors (Lipinski definition) is 15. The van der Waals surface area contributed by atoms with Crippen molar-refractivity contribution in [3.05, 3.63) is 0 Å². The van der Waals surface area contributed by atoms with Crippen LogP contribution in [0.2, 0.25) is 0 Å². The molecule has 0 heterocycles. The molecule has 0 aliphatic heterocycles. The molecule has 17 nitrogen and oxygen atoms in total. The minimum atomic E-state index is -4.95. The largest absolute Gasteiger partial charge is 0.472 e. The molecule has 0 saturated heterocycles. The van der Waals surface area contributed by atoms with E-state index in [-0.39, 0.29) is 25.7 Å². The molecule has 0 fully saturated rings. The Kier molecular flexibility index (Phi) is 67.1. The SMILES string of the molecule is CCCCCCCCCCCCCCCCCCCC(=O)O[C@H](COC(=O)CCCCCCCCCCCCCCC)COP(=O)(O)OC[C@@H](O)COP(=O)(O)OC[C@@H](COC(=O)CCCCCCCCCCCC)OC(=O)CCCCCCCCCCCCCCC. The Morgan fingerprint density at radius 1 is 0.258 bits per heavy atom. The van der Waals surface area contributed by atoms with Gasteiger partial charge in [-0.15, -0.1) is 0 Å². The number of ether oxygens (including phenoxy) is 4. The molecule has 0 aromatic heterocycles. The number of aliphatic hydroxyl groups excluding tert-OH is 1. The monoisotopic (exact) mass is 1370 g/mol. The number of carbonyl (C=O) groups excluding carboxylic acids is 4. The van der Waals surface area contributed by atoms with E-state index in [1.807, 2.05) is 0 Å². The van der Waals surface area contributed by atoms with Gasteiger partial charge in [0.2, 0.25) is 0 Å². The van der Waals surface area contributed by atoms with E-state index in [4.69, 9.17) is 37.0 Å². The summed E-state index contributed by atoms with van der Waals surface area (Å²) < 4.78 is 68.5. The fourth-order valence-corrected chi connectivity index (χ4v) is 13.0. The fraction of sp³-hybridized carbons (Fsp3) is 0.946. The van der Waals surface area contributed by atoms with Crippen molar-refractivity contribution in [2.45, 2.75) is 412 Å². The van der Waals surface area contributed by atoms with Gasteiger partial charge < -0.3 is 33.8 Å². The van der Waals surface area contributed by atoms with Crippen molar-refractivity contribution in [2.75, 3.05) is 39.6 Å². The molecular weight excluding hydrogens is 1220 g/mol. The molecule has 0 radical (unpaired) electrons. The second-order valence-corrected chi connectivity index (χ2v) is 29.6. The molecule has 552 valence electrons. The number of phosphoric ester groups is 2. The smallest absolute Gasteiger partial charge is 0.462 e. The molecule has 2 unspecified atom stereocenters. The van der Waals surface area contributed by atoms with Crippen LogP contribution in [0.5, 0.6) is 0 Å². The van der Waals surface area contributed by atoms with Crippen molar-refractivity contribution in [2.24, 2.45) is 0 Å². The van der Waals surface area contributed by atoms with Crippen LogP contribution in [0.25, 0.3) is 0 Å². The van der Waals surface area contributed by atoms with E-state index in [1.165, 1.54) is 225 Å². The van der Waals surface area contributed by atoms with Crippen LogP contribution in [-0.4, -0.2) is 96.7 Å². The first kappa shape index (κ1) is 91.1. The molecule has 0 saturated carbocycles. The van der Waals surface area contributed by atoms with E-state index < -0.39 is 97.5 Å². The maximum Gasteiger partial charge on any atom is 0.472 e. The van der Waals surface area contributed by atoms with Gasteiger partial charge in [0.05, 0.1) is 26.4 Å². The van der Waals surface area contributed by atoms with Crippen LogP contribution in [0.3, 0.4) is 0 Å². The van der Waals surface area contributed by atoms with Crippen LogP contribution in [0.1, 0.15) is 394 Å². The summed E-state index contributed by atoms with van der Waals surface area (Å²) in [5.74, 6) is -2.11. The van der Waals surface area contributed by atoms with Crippen LogP contribution < -0.4 is 0 Å². The molecule has 19 heteroatoms. The molecule has 0 aliphatic rings. The number of unbranched alkanes of at least 4 members (excludes halogenated alkanes) is 49. The van der Waals surface area contributed by atoms with Crippen LogP contribution in [0.4, 0.5) is 0 Å². The third-order valence-electron chi connectivity index (χ3n) is 17.4. The summed E-state index contributed by atoms with van der Waals surface area (Å²) in [5, 5.41) is 10.6. The highest BCUT2D eigenvalue weighted by atomic mass is 31.2. The topological polar surface area (TPSA) is 237 Å². The first-order chi connectivity index (χ1) is 45.2. The first-order valence-electron chi connectivity index (χ1n) is 38.8. The Bertz CT molecular complexity index is 1770. The lowest BCUT2D eigenvalue weighted by molar-refractivity contribution is -0.161. The predicted molar refractivity (Wildman–Crippen MR) is 377 cm³/mol. The summed E-state index contributed by atoms with van der Waals surface area (Å²) >= 11 is 0. The average Bonchev–Trinajstić information content (AvgIpc) is 3.05. The van der Waals surface area contributed by atoms with Gasteiger partial charge in [0, 0.05) is 25.7 Å². The molecule has 3 N–H and O–H groups in total. The highest BCUT2D eigenvalue weighted by molar-refractivity contribution is 7.47. The van der Waals surface area contributed by atoms with Gasteiger partial charge in [0.25, 0.3) is 0 Å². The second kappa shape index (κ2) is 68.6. The van der Waals surface area contributed by atoms with Gasteiger partial charge in [-0.2, -0.15) is 0 Å². The summed E-state index contributed by atoms with van der Waals surface area (Å²) in [4.78, 5) is 72.7. The van der Waals surface area contributed by atoms with Crippen molar-refractivity contribution < 1.29 is 80.2 Å². The lowest BCUT2D eigenvalue weighted by atomic mass is 10.0. The molecule has 0 aromatic rings. The molecule has 0 aromatic carbocycles. The van der Waals surface area contributed by atoms with Gasteiger partial charge in [-0.1, -0.05) is 342 Å². The van der Waals surface area contributed by atoms with Gasteiger partial charge in [0.15, 0.2) is 12.2 Å². The summed E-state index contributed by atoms with van der Waals surface area (Å²) in [6, 6.07) is 0. The van der Waals surface area contributed by atoms with Gasteiger partial charge in [-0.3, -0.25) is 37.3 Å². The van der Waals surface area contributed by atoms with Gasteiger partial charge in [-0.05, 0) is 25.7 Å². The van der Waals surface area contributed by atoms with E-state index >= 15 is 0 Å². The quantitative estimate of drug-likeness (QED) is 0.0222. The molecule has 0 rings (SSSR count). The fourth-order valence-electron chi connectivity index (χ4n) is 11.4. The van der Waals surface area contributed by atoms with Crippen molar-refractivity contribution in [3.8, 4) is 0 Å². The Morgan fingerprint density at radius 2 is 0.430 bits per heavy atom. The third-order valence-corrected chi connectivity index (χ3v) is 19.3. The van der Waals surface area contributed by atoms with Crippen molar-refractivity contribution in [3.63, 3.8) is 0 Å². The predicted octanol–water partition coefficient (Wildman–Crippen LogP) is 21.8. The normalized spacial score (nSPS) is 13.9. The highest BCUT2D eigenvalue weighted by Crippen LogP contribution is 2.45. The molecular formula is C74H144O17P2. The highest BCUT2D eigenvalue weighted by Gasteiger charge is 2.30. The molecule has 0 spiro atoms. The summed E-state index contributed by atoms with van der Waals surface area (Å²) in [5.41, 5.74) is 0. The van der Waals surface area contributed by atoms with E-state index in [9.17, 15) is 43.2 Å². The van der Waals surface area contributed by atoms with E-state index in [1.54, 1.807) is 0 Å². The maximum atomic E-state index is 13.1. The molecule has 0 amide bonds. The third kappa shape index (κ3) is 68.4. The molecule has 0 bridgehead atoms. The van der Waals surface area contributed by atoms with E-state index in [0.717, 1.165) is 89.9 Å². The maximum absolute atomic E-state index is 13.1. The van der Waals surface area contributed by atoms with Gasteiger partial charge in [0.1, 0.15) is 19.3 Å². The zero-order chi connectivity index (χ0) is 68.2. The standard InChI is InChI=1S/C74H144O17P2/c1-5-9-13-17-21-25-29-32-33-34-35-38-41-45-49-53-57-61-74(79)91-70(65-85-72(77)59-55-51-47-43-39-36-30-26-22-18-14-10-6-2)67-89-93(82,83)87-63-68(75)62-86-92(80,81)88-66-69(64-84-71(76)58-54-50-46-42-28-24-20-16-12-8-4)90-73(78)60-56-52-48-44-40-37-31-27-23-19-15-11-7-3/h68-70,75H,5-67H2,1-4H3,(H,80,81)(H,82,83)/t68-,69+,70+/m0/s1. The van der Waals surface area contributed by atoms with Crippen molar-refractivity contribution >= 4 is 39.5 Å². The number of rotatable bonds is 75. The minimum absolute atomic E-state index is 0.108. The molecule has 93 heavy (non-hydrogen) atoms. The summed E-state index contributed by atoms with van der Waals surface area (Å²) in [6.45, 7) is 4.98. The number of aliphatic hydroxyl groups is 1. The first-order valence-corrected chi connectivity index (χ1v) is 41.8. The number of carbonyl (C=O) groups is 4. The Labute approximate surface area is 568 Å². The molecule has 5 atom stereocenters. The summed E-state index contributed by atoms with van der Waals surface area (Å²) in [6.07, 6.45) is 58.0. The Balaban J connectivity index is 5.23. The number of hydrogen-bond donors (Lipinski definition) is 3. The average molecular weight is 1370 g/mol. The minimum Gasteiger partial charge on any atom is -0.462 e. The number of esters is 4. The number of phosphoric acid groups is 2. The van der Waals surface area contributed by atoms with E-state index in [0.29, 0.717) is 25.7 Å². The van der Waals surface area contributed by atoms with Crippen LogP contribution in [0, 0.1) is 0 Å². The zero-order valence-corrected chi connectivity index (χ0v) is 62.0. The zero-order valence-electron chi connectivity index (χ0n) is 60.2. The lowest BCUT2D eigenvalue weighted by Crippen LogP contribution is -2.30. The second-order valence-electron chi connectivity index (χ2n) is 26.7. The van der Waals surface area contributed by atoms with Crippen molar-refractivity contribution in [1.29, 1.82) is 0 Å². The van der Waals surface area contributed by atoms with Crippen molar-refractivity contribution in [1.82, 2.24) is 0 Å². The van der Waals surface area contributed by atoms with Gasteiger partial charge in [-0.25, -0.2) is 9.13 Å². The van der Waals surface area contributed by atoms with Crippen LogP contribution in [-0.2, 0) is 65.4 Å². The lowest BCUT2D eigenvalue weighted by Gasteiger charge is -2.21. The summed E-state index contributed by atoms with van der Waals surface area (Å²) in [7, 11) is -9.90. The van der Waals surface area contributed by atoms with Crippen LogP contribution in [0.15, 0.2) is 0 Å². The van der Waals surface area contributed by atoms with Gasteiger partial charge >= 0.3 is 39.5 Å². The Hall–Kier alpha value is -1.94. The van der Waals surface area contributed by atoms with E-state index in [2.05, 4.69) is 27.7 Å².